The summed E-state index contributed by atoms with van der Waals surface area (Å²) in [6.07, 6.45) is 1.31. The minimum Gasteiger partial charge on any atom is -0.367 e. The summed E-state index contributed by atoms with van der Waals surface area (Å²) in [6, 6.07) is 10.5. The lowest BCUT2D eigenvalue weighted by molar-refractivity contribution is 0.232. The molecule has 0 bridgehead atoms. The lowest BCUT2D eigenvalue weighted by Gasteiger charge is -1.95. The number of aryl methyl sites for hydroxylation is 1. The first kappa shape index (κ1) is 21.7. The van der Waals surface area contributed by atoms with Gasteiger partial charge in [0.05, 0.1) is 15.6 Å². The predicted octanol–water partition coefficient (Wildman–Crippen LogP) is 2.46. The van der Waals surface area contributed by atoms with Crippen LogP contribution >= 0.6 is 15.9 Å². The molecule has 0 heterocycles. The predicted molar refractivity (Wildman–Crippen MR) is 99.2 cm³/mol. The molecular weight excluding hydrogens is 431 g/mol. The van der Waals surface area contributed by atoms with Gasteiger partial charge in [-0.25, -0.2) is 9.87 Å². The number of rotatable bonds is 3. The molecule has 11 heteroatoms. The SMILES string of the molecule is Cc1ccc(S(=O)(=O)O)cc1.N/C(=N\N=C\c1ccc(Br)c(F)c1)NO. The van der Waals surface area contributed by atoms with Crippen LogP contribution in [0.2, 0.25) is 0 Å². The van der Waals surface area contributed by atoms with E-state index in [2.05, 4.69) is 26.1 Å². The van der Waals surface area contributed by atoms with Gasteiger partial charge in [0, 0.05) is 0 Å². The minimum atomic E-state index is -4.02. The molecule has 0 unspecified atom stereocenters. The highest BCUT2D eigenvalue weighted by Gasteiger charge is 2.06. The van der Waals surface area contributed by atoms with Gasteiger partial charge in [-0.2, -0.15) is 13.5 Å². The van der Waals surface area contributed by atoms with Crippen molar-refractivity contribution in [3.05, 3.63) is 63.9 Å². The van der Waals surface area contributed by atoms with Crippen molar-refractivity contribution in [1.82, 2.24) is 5.48 Å². The molecule has 2 aromatic carbocycles. The fourth-order valence-corrected chi connectivity index (χ4v) is 2.21. The fraction of sp³-hybridized carbons (Fsp3) is 0.0667. The highest BCUT2D eigenvalue weighted by molar-refractivity contribution is 9.10. The zero-order valence-corrected chi connectivity index (χ0v) is 15.9. The van der Waals surface area contributed by atoms with Gasteiger partial charge >= 0.3 is 0 Å². The highest BCUT2D eigenvalue weighted by Crippen LogP contribution is 2.15. The van der Waals surface area contributed by atoms with E-state index in [-0.39, 0.29) is 10.9 Å². The summed E-state index contributed by atoms with van der Waals surface area (Å²) in [5.41, 5.74) is 8.18. The van der Waals surface area contributed by atoms with E-state index in [1.807, 2.05) is 6.92 Å². The highest BCUT2D eigenvalue weighted by atomic mass is 79.9. The fourth-order valence-electron chi connectivity index (χ4n) is 1.48. The van der Waals surface area contributed by atoms with Gasteiger partial charge < -0.3 is 5.73 Å². The van der Waals surface area contributed by atoms with E-state index < -0.39 is 15.9 Å². The second-order valence-electron chi connectivity index (χ2n) is 4.80. The molecule has 2 rings (SSSR count). The molecule has 0 radical (unpaired) electrons. The molecule has 26 heavy (non-hydrogen) atoms. The number of nitrogens with two attached hydrogens (primary N) is 1. The Morgan fingerprint density at radius 3 is 2.38 bits per heavy atom. The van der Waals surface area contributed by atoms with E-state index in [1.165, 1.54) is 24.4 Å². The topological polar surface area (TPSA) is 137 Å². The number of hydrogen-bond donors (Lipinski definition) is 4. The van der Waals surface area contributed by atoms with Gasteiger partial charge in [-0.3, -0.25) is 9.76 Å². The zero-order chi connectivity index (χ0) is 19.7. The van der Waals surface area contributed by atoms with Crippen LogP contribution in [0.25, 0.3) is 0 Å². The molecule has 0 saturated heterocycles. The van der Waals surface area contributed by atoms with Crippen molar-refractivity contribution in [2.75, 3.05) is 0 Å². The Labute approximate surface area is 158 Å². The first-order valence-corrected chi connectivity index (χ1v) is 9.12. The molecule has 8 nitrogen and oxygen atoms in total. The molecule has 0 spiro atoms. The van der Waals surface area contributed by atoms with Crippen molar-refractivity contribution >= 4 is 38.2 Å². The van der Waals surface area contributed by atoms with Gasteiger partial charge in [-0.05, 0) is 52.7 Å². The molecule has 0 amide bonds. The van der Waals surface area contributed by atoms with Gasteiger partial charge in [0.15, 0.2) is 0 Å². The first-order valence-electron chi connectivity index (χ1n) is 6.89. The number of nitrogens with one attached hydrogen (secondary N) is 1. The van der Waals surface area contributed by atoms with Crippen molar-refractivity contribution in [2.24, 2.45) is 15.9 Å². The Kier molecular flexibility index (Phi) is 8.32. The number of halogens is 2. The maximum Gasteiger partial charge on any atom is 0.294 e. The third kappa shape index (κ3) is 7.70. The summed E-state index contributed by atoms with van der Waals surface area (Å²) in [4.78, 5) is -0.0666. The Hall–Kier alpha value is -2.34. The van der Waals surface area contributed by atoms with E-state index >= 15 is 0 Å². The van der Waals surface area contributed by atoms with E-state index in [0.717, 1.165) is 5.56 Å². The quantitative estimate of drug-likeness (QED) is 0.247. The second kappa shape index (κ2) is 9.97. The largest absolute Gasteiger partial charge is 0.367 e. The lowest BCUT2D eigenvalue weighted by atomic mass is 10.2. The number of hydroxylamine groups is 1. The standard InChI is InChI=1S/C8H8BrFN4O.C7H8O3S/c9-6-2-1-5(3-7(6)10)4-12-13-8(11)14-15;1-6-2-4-7(5-3-6)11(8,9)10/h1-4,15H,(H3,11,13,14);2-5H,1H3,(H,8,9,10)/b12-4+;. The molecule has 0 aliphatic rings. The van der Waals surface area contributed by atoms with E-state index in [1.54, 1.807) is 29.7 Å². The third-order valence-electron chi connectivity index (χ3n) is 2.75. The molecule has 0 aliphatic heterocycles. The van der Waals surface area contributed by atoms with Gasteiger partial charge in [0.25, 0.3) is 10.1 Å². The summed E-state index contributed by atoms with van der Waals surface area (Å²) in [5, 5.41) is 15.1. The van der Waals surface area contributed by atoms with Gasteiger partial charge in [0.2, 0.25) is 5.96 Å². The molecular formula is C15H16BrFN4O4S. The van der Waals surface area contributed by atoms with Crippen LogP contribution < -0.4 is 11.2 Å². The van der Waals surface area contributed by atoms with Crippen molar-refractivity contribution in [3.8, 4) is 0 Å². The van der Waals surface area contributed by atoms with Crippen LogP contribution in [0.5, 0.6) is 0 Å². The van der Waals surface area contributed by atoms with Crippen LogP contribution in [0.1, 0.15) is 11.1 Å². The average molecular weight is 447 g/mol. The van der Waals surface area contributed by atoms with Gasteiger partial charge in [0.1, 0.15) is 5.82 Å². The van der Waals surface area contributed by atoms with Gasteiger partial charge in [-0.1, -0.05) is 23.8 Å². The number of nitrogens with zero attached hydrogens (tertiary/aromatic N) is 2. The van der Waals surface area contributed by atoms with Crippen molar-refractivity contribution in [3.63, 3.8) is 0 Å². The van der Waals surface area contributed by atoms with Crippen molar-refractivity contribution in [2.45, 2.75) is 11.8 Å². The molecule has 5 N–H and O–H groups in total. The normalized spacial score (nSPS) is 11.8. The third-order valence-corrected chi connectivity index (χ3v) is 4.26. The molecule has 0 fully saturated rings. The summed E-state index contributed by atoms with van der Waals surface area (Å²) >= 11 is 3.02. The summed E-state index contributed by atoms with van der Waals surface area (Å²) in [6.45, 7) is 1.84. The molecule has 0 aromatic heterocycles. The summed E-state index contributed by atoms with van der Waals surface area (Å²) < 4.78 is 42.9. The van der Waals surface area contributed by atoms with Crippen LogP contribution in [-0.2, 0) is 10.1 Å². The Morgan fingerprint density at radius 1 is 1.27 bits per heavy atom. The maximum atomic E-state index is 13.0. The maximum absolute atomic E-state index is 13.0. The average Bonchev–Trinajstić information content (AvgIpc) is 2.58. The Bertz CT molecular complexity index is 902. The summed E-state index contributed by atoms with van der Waals surface area (Å²) in [5.74, 6) is -0.639. The zero-order valence-electron chi connectivity index (χ0n) is 13.5. The summed E-state index contributed by atoms with van der Waals surface area (Å²) in [7, 11) is -4.02. The van der Waals surface area contributed by atoms with Gasteiger partial charge in [-0.15, -0.1) is 5.10 Å². The lowest BCUT2D eigenvalue weighted by Crippen LogP contribution is -2.27. The molecule has 140 valence electrons. The van der Waals surface area contributed by atoms with Crippen LogP contribution in [0, 0.1) is 12.7 Å². The van der Waals surface area contributed by atoms with Crippen LogP contribution in [0.4, 0.5) is 4.39 Å². The monoisotopic (exact) mass is 446 g/mol. The van der Waals surface area contributed by atoms with E-state index in [9.17, 15) is 12.8 Å². The second-order valence-corrected chi connectivity index (χ2v) is 7.08. The minimum absolute atomic E-state index is 0.0666. The van der Waals surface area contributed by atoms with Crippen LogP contribution in [0.15, 0.2) is 62.0 Å². The number of hydrogen-bond acceptors (Lipinski definition) is 5. The van der Waals surface area contributed by atoms with Crippen molar-refractivity contribution < 1.29 is 22.6 Å². The Morgan fingerprint density at radius 2 is 1.88 bits per heavy atom. The molecule has 2 aromatic rings. The van der Waals surface area contributed by atoms with Crippen LogP contribution in [-0.4, -0.2) is 30.4 Å². The first-order chi connectivity index (χ1) is 12.1. The Balaban J connectivity index is 0.000000273. The van der Waals surface area contributed by atoms with Crippen LogP contribution in [0.3, 0.4) is 0 Å². The molecule has 0 aliphatic carbocycles. The molecule has 0 saturated carbocycles. The van der Waals surface area contributed by atoms with Crippen molar-refractivity contribution in [1.29, 1.82) is 0 Å². The van der Waals surface area contributed by atoms with E-state index in [0.29, 0.717) is 10.0 Å². The number of guanidine groups is 1. The molecule has 0 atom stereocenters. The number of benzene rings is 2. The van der Waals surface area contributed by atoms with E-state index in [4.69, 9.17) is 15.5 Å². The smallest absolute Gasteiger partial charge is 0.294 e.